The molecule has 0 radical (unpaired) electrons. The Labute approximate surface area is 167 Å². The van der Waals surface area contributed by atoms with Gasteiger partial charge in [-0.1, -0.05) is 4.47 Å². The van der Waals surface area contributed by atoms with E-state index in [-0.39, 0.29) is 10.8 Å². The molecule has 150 valence electrons. The zero-order chi connectivity index (χ0) is 20.9. The Balaban J connectivity index is 1.66. The summed E-state index contributed by atoms with van der Waals surface area (Å²) in [5.74, 6) is 0.524. The molecule has 0 bridgehead atoms. The van der Waals surface area contributed by atoms with Crippen LogP contribution in [0.15, 0.2) is 72.0 Å². The lowest BCUT2D eigenvalue weighted by Gasteiger charge is -2.14. The first-order valence-electron chi connectivity index (χ1n) is 8.38. The second kappa shape index (κ2) is 8.78. The molecule has 0 fully saturated rings. The lowest BCUT2D eigenvalue weighted by Crippen LogP contribution is -2.25. The van der Waals surface area contributed by atoms with Crippen LogP contribution in [-0.2, 0) is 14.9 Å². The van der Waals surface area contributed by atoms with Crippen molar-refractivity contribution in [1.29, 1.82) is 0 Å². The van der Waals surface area contributed by atoms with E-state index in [0.717, 1.165) is 4.47 Å². The first kappa shape index (κ1) is 20.4. The van der Waals surface area contributed by atoms with E-state index in [4.69, 9.17) is 9.57 Å². The minimum Gasteiger partial charge on any atom is -0.438 e. The van der Waals surface area contributed by atoms with Crippen LogP contribution in [0.2, 0.25) is 0 Å². The number of nitrogens with zero attached hydrogens (tertiary/aromatic N) is 3. The van der Waals surface area contributed by atoms with Crippen LogP contribution >= 0.6 is 0 Å². The predicted molar refractivity (Wildman–Crippen MR) is 105 cm³/mol. The lowest BCUT2D eigenvalue weighted by atomic mass is 10.2. The molecule has 3 aromatic rings. The zero-order valence-corrected chi connectivity index (χ0v) is 16.5. The number of nitrogens with one attached hydrogen (secondary N) is 1. The third-order valence-corrected chi connectivity index (χ3v) is 5.58. The van der Waals surface area contributed by atoms with Gasteiger partial charge in [-0.15, -0.1) is 0 Å². The summed E-state index contributed by atoms with van der Waals surface area (Å²) in [6, 6.07) is 12.3. The third kappa shape index (κ3) is 4.93. The van der Waals surface area contributed by atoms with Gasteiger partial charge < -0.3 is 10.1 Å². The van der Waals surface area contributed by atoms with E-state index in [1.807, 2.05) is 0 Å². The second-order valence-corrected chi connectivity index (χ2v) is 7.68. The number of hydrogen-bond acceptors (Lipinski definition) is 7. The van der Waals surface area contributed by atoms with Crippen LogP contribution < -0.4 is 10.1 Å². The van der Waals surface area contributed by atoms with Gasteiger partial charge in [-0.25, -0.2) is 13.4 Å². The van der Waals surface area contributed by atoms with Crippen LogP contribution in [-0.4, -0.2) is 42.9 Å². The molecule has 29 heavy (non-hydrogen) atoms. The Morgan fingerprint density at radius 2 is 1.72 bits per heavy atom. The van der Waals surface area contributed by atoms with Crippen molar-refractivity contribution in [2.45, 2.75) is 4.90 Å². The first-order chi connectivity index (χ1) is 13.9. The van der Waals surface area contributed by atoms with Crippen molar-refractivity contribution >= 4 is 21.6 Å². The highest BCUT2D eigenvalue weighted by Crippen LogP contribution is 2.21. The number of carbonyl (C=O) groups excluding carboxylic acids is 1. The third-order valence-electron chi connectivity index (χ3n) is 3.88. The molecule has 1 amide bonds. The van der Waals surface area contributed by atoms with Gasteiger partial charge in [-0.05, 0) is 48.5 Å². The summed E-state index contributed by atoms with van der Waals surface area (Å²) in [7, 11) is -1.23. The number of sulfonamides is 1. The minimum atomic E-state index is -3.77. The summed E-state index contributed by atoms with van der Waals surface area (Å²) >= 11 is 0. The van der Waals surface area contributed by atoms with E-state index in [0.29, 0.717) is 22.9 Å². The van der Waals surface area contributed by atoms with Gasteiger partial charge in [0.25, 0.3) is 15.9 Å². The van der Waals surface area contributed by atoms with E-state index < -0.39 is 10.0 Å². The fourth-order valence-electron chi connectivity index (χ4n) is 2.29. The van der Waals surface area contributed by atoms with E-state index in [9.17, 15) is 13.2 Å². The van der Waals surface area contributed by atoms with Crippen LogP contribution in [0, 0.1) is 0 Å². The van der Waals surface area contributed by atoms with Gasteiger partial charge >= 0.3 is 0 Å². The number of hydroxylamine groups is 1. The Kier molecular flexibility index (Phi) is 6.17. The number of carbonyl (C=O) groups is 1. The van der Waals surface area contributed by atoms with Gasteiger partial charge in [-0.3, -0.25) is 14.6 Å². The van der Waals surface area contributed by atoms with Crippen LogP contribution in [0.25, 0.3) is 0 Å². The monoisotopic (exact) mass is 414 g/mol. The molecule has 3 rings (SSSR count). The SMILES string of the molecule is CON(C)S(=O)(=O)c1ccc(C(=O)Nc2ccc(Oc3cnccn3)cc2)cc1. The number of ether oxygens (including phenoxy) is 1. The molecule has 0 saturated heterocycles. The van der Waals surface area contributed by atoms with Crippen molar-refractivity contribution in [3.63, 3.8) is 0 Å². The standard InChI is InChI=1S/C19H18N4O5S/c1-23(27-2)29(25,26)17-9-3-14(4-10-17)19(24)22-15-5-7-16(8-6-15)28-18-13-20-11-12-21-18/h3-13H,1-2H3,(H,22,24). The zero-order valence-electron chi connectivity index (χ0n) is 15.6. The molecule has 0 aliphatic rings. The maximum absolute atomic E-state index is 12.4. The molecule has 1 heterocycles. The molecule has 10 heteroatoms. The molecule has 0 unspecified atom stereocenters. The summed E-state index contributed by atoms with van der Waals surface area (Å²) in [6.07, 6.45) is 4.56. The van der Waals surface area contributed by atoms with Crippen molar-refractivity contribution in [2.75, 3.05) is 19.5 Å². The molecule has 0 saturated carbocycles. The van der Waals surface area contributed by atoms with Crippen molar-refractivity contribution in [2.24, 2.45) is 0 Å². The van der Waals surface area contributed by atoms with Crippen LogP contribution in [0.5, 0.6) is 11.6 Å². The lowest BCUT2D eigenvalue weighted by molar-refractivity contribution is -0.0258. The second-order valence-electron chi connectivity index (χ2n) is 5.75. The van der Waals surface area contributed by atoms with Gasteiger partial charge in [0.1, 0.15) is 5.75 Å². The maximum Gasteiger partial charge on any atom is 0.264 e. The molecular weight excluding hydrogens is 396 g/mol. The highest BCUT2D eigenvalue weighted by atomic mass is 32.2. The number of benzene rings is 2. The Bertz CT molecular complexity index is 1070. The predicted octanol–water partition coefficient (Wildman–Crippen LogP) is 2.70. The average Bonchev–Trinajstić information content (AvgIpc) is 2.75. The highest BCUT2D eigenvalue weighted by Gasteiger charge is 2.21. The van der Waals surface area contributed by atoms with Crippen LogP contribution in [0.3, 0.4) is 0 Å². The smallest absolute Gasteiger partial charge is 0.264 e. The minimum absolute atomic E-state index is 0.0175. The molecular formula is C19H18N4O5S. The fourth-order valence-corrected chi connectivity index (χ4v) is 3.27. The van der Waals surface area contributed by atoms with Gasteiger partial charge in [0.05, 0.1) is 18.2 Å². The molecule has 1 aromatic heterocycles. The maximum atomic E-state index is 12.4. The molecule has 0 aliphatic carbocycles. The molecule has 2 aromatic carbocycles. The molecule has 1 N–H and O–H groups in total. The highest BCUT2D eigenvalue weighted by molar-refractivity contribution is 7.89. The Hall–Kier alpha value is -3.34. The van der Waals surface area contributed by atoms with Gasteiger partial charge in [0.2, 0.25) is 5.88 Å². The van der Waals surface area contributed by atoms with Gasteiger partial charge in [0.15, 0.2) is 0 Å². The van der Waals surface area contributed by atoms with Crippen molar-refractivity contribution in [1.82, 2.24) is 14.4 Å². The molecule has 0 aliphatic heterocycles. The van der Waals surface area contributed by atoms with Crippen LogP contribution in [0.1, 0.15) is 10.4 Å². The summed E-state index contributed by atoms with van der Waals surface area (Å²) < 4.78 is 30.6. The van der Waals surface area contributed by atoms with E-state index in [1.54, 1.807) is 30.5 Å². The Morgan fingerprint density at radius 3 is 2.31 bits per heavy atom. The summed E-state index contributed by atoms with van der Waals surface area (Å²) in [4.78, 5) is 25.1. The van der Waals surface area contributed by atoms with Gasteiger partial charge in [-0.2, -0.15) is 0 Å². The summed E-state index contributed by atoms with van der Waals surface area (Å²) in [6.45, 7) is 0. The van der Waals surface area contributed by atoms with Crippen molar-refractivity contribution in [3.8, 4) is 11.6 Å². The van der Waals surface area contributed by atoms with Crippen molar-refractivity contribution in [3.05, 3.63) is 72.7 Å². The fraction of sp³-hybridized carbons (Fsp3) is 0.105. The summed E-state index contributed by atoms with van der Waals surface area (Å²) in [5, 5.41) is 2.73. The topological polar surface area (TPSA) is 111 Å². The van der Waals surface area contributed by atoms with Gasteiger partial charge in [0, 0.05) is 30.7 Å². The quantitative estimate of drug-likeness (QED) is 0.592. The average molecular weight is 414 g/mol. The first-order valence-corrected chi connectivity index (χ1v) is 9.82. The number of rotatable bonds is 7. The summed E-state index contributed by atoms with van der Waals surface area (Å²) in [5.41, 5.74) is 0.862. The van der Waals surface area contributed by atoms with Crippen LogP contribution in [0.4, 0.5) is 5.69 Å². The normalized spacial score (nSPS) is 11.3. The largest absolute Gasteiger partial charge is 0.438 e. The molecule has 0 atom stereocenters. The number of hydrogen-bond donors (Lipinski definition) is 1. The van der Waals surface area contributed by atoms with E-state index in [2.05, 4.69) is 15.3 Å². The number of aromatic nitrogens is 2. The molecule has 0 spiro atoms. The van der Waals surface area contributed by atoms with E-state index >= 15 is 0 Å². The molecule has 9 nitrogen and oxygen atoms in total. The van der Waals surface area contributed by atoms with Crippen molar-refractivity contribution < 1.29 is 22.8 Å². The number of anilines is 1. The number of amides is 1. The van der Waals surface area contributed by atoms with E-state index in [1.165, 1.54) is 50.8 Å². The Morgan fingerprint density at radius 1 is 1.03 bits per heavy atom.